The van der Waals surface area contributed by atoms with Crippen LogP contribution in [0.4, 0.5) is 10.1 Å². The fourth-order valence-corrected chi connectivity index (χ4v) is 3.02. The third-order valence-corrected chi connectivity index (χ3v) is 4.58. The highest BCUT2D eigenvalue weighted by Crippen LogP contribution is 2.17. The molecule has 3 N–H and O–H groups in total. The van der Waals surface area contributed by atoms with Gasteiger partial charge in [-0.3, -0.25) is 9.59 Å². The van der Waals surface area contributed by atoms with Gasteiger partial charge in [0, 0.05) is 30.3 Å². The van der Waals surface area contributed by atoms with Gasteiger partial charge in [-0.25, -0.2) is 4.39 Å². The van der Waals surface area contributed by atoms with Crippen LogP contribution in [-0.2, 0) is 9.53 Å². The van der Waals surface area contributed by atoms with Crippen LogP contribution < -0.4 is 16.0 Å². The van der Waals surface area contributed by atoms with Gasteiger partial charge >= 0.3 is 0 Å². The number of hydrogen-bond donors (Lipinski definition) is 3. The van der Waals surface area contributed by atoms with E-state index in [4.69, 9.17) is 4.74 Å². The maximum absolute atomic E-state index is 12.9. The van der Waals surface area contributed by atoms with Crippen molar-refractivity contribution in [3.05, 3.63) is 65.5 Å². The van der Waals surface area contributed by atoms with Crippen LogP contribution in [-0.4, -0.2) is 37.6 Å². The lowest BCUT2D eigenvalue weighted by molar-refractivity contribution is -0.122. The van der Waals surface area contributed by atoms with Gasteiger partial charge in [-0.05, 0) is 48.9 Å². The van der Waals surface area contributed by atoms with Gasteiger partial charge in [0.15, 0.2) is 0 Å². The van der Waals surface area contributed by atoms with Crippen molar-refractivity contribution in [2.24, 2.45) is 0 Å². The summed E-state index contributed by atoms with van der Waals surface area (Å²) in [5, 5.41) is 9.00. The first kappa shape index (κ1) is 20.0. The molecule has 1 aliphatic heterocycles. The molecule has 2 amide bonds. The molecule has 6 nitrogen and oxygen atoms in total. The SMILES string of the molecule is CC(NC(=O)CC1COCCN1)c1ccc(NC(=O)c2ccc(F)cc2)cc1. The number of ether oxygens (including phenoxy) is 1. The molecule has 0 saturated carbocycles. The van der Waals surface area contributed by atoms with E-state index >= 15 is 0 Å². The van der Waals surface area contributed by atoms with E-state index < -0.39 is 0 Å². The second-order valence-electron chi connectivity index (χ2n) is 6.80. The molecule has 2 aromatic carbocycles. The first-order valence-corrected chi connectivity index (χ1v) is 9.28. The second kappa shape index (κ2) is 9.43. The Balaban J connectivity index is 1.52. The van der Waals surface area contributed by atoms with Gasteiger partial charge in [0.1, 0.15) is 5.82 Å². The van der Waals surface area contributed by atoms with Gasteiger partial charge in [-0.1, -0.05) is 12.1 Å². The molecule has 1 heterocycles. The molecule has 2 unspecified atom stereocenters. The molecule has 2 aromatic rings. The largest absolute Gasteiger partial charge is 0.378 e. The minimum Gasteiger partial charge on any atom is -0.378 e. The number of morpholine rings is 1. The van der Waals surface area contributed by atoms with Crippen molar-refractivity contribution < 1.29 is 18.7 Å². The summed E-state index contributed by atoms with van der Waals surface area (Å²) in [6.45, 7) is 3.90. The Bertz CT molecular complexity index is 803. The number of carbonyl (C=O) groups is 2. The summed E-state index contributed by atoms with van der Waals surface area (Å²) >= 11 is 0. The number of nitrogens with one attached hydrogen (secondary N) is 3. The predicted octanol–water partition coefficient (Wildman–Crippen LogP) is 2.63. The Morgan fingerprint density at radius 1 is 1.18 bits per heavy atom. The van der Waals surface area contributed by atoms with Crippen molar-refractivity contribution in [2.45, 2.75) is 25.4 Å². The van der Waals surface area contributed by atoms with Gasteiger partial charge in [-0.2, -0.15) is 0 Å². The van der Waals surface area contributed by atoms with Crippen LogP contribution in [0.3, 0.4) is 0 Å². The van der Waals surface area contributed by atoms with Crippen molar-refractivity contribution in [3.8, 4) is 0 Å². The lowest BCUT2D eigenvalue weighted by Gasteiger charge is -2.24. The second-order valence-corrected chi connectivity index (χ2v) is 6.80. The number of hydrogen-bond acceptors (Lipinski definition) is 4. The summed E-state index contributed by atoms with van der Waals surface area (Å²) in [4.78, 5) is 24.4. The smallest absolute Gasteiger partial charge is 0.255 e. The lowest BCUT2D eigenvalue weighted by Crippen LogP contribution is -2.44. The summed E-state index contributed by atoms with van der Waals surface area (Å²) in [6.07, 6.45) is 0.371. The molecular weight excluding hydrogens is 361 g/mol. The number of carbonyl (C=O) groups excluding carboxylic acids is 2. The van der Waals surface area contributed by atoms with Crippen molar-refractivity contribution in [2.75, 3.05) is 25.1 Å². The van der Waals surface area contributed by atoms with E-state index in [0.717, 1.165) is 12.1 Å². The minimum absolute atomic E-state index is 0.0378. The molecule has 0 radical (unpaired) electrons. The Kier molecular flexibility index (Phi) is 6.73. The number of rotatable bonds is 6. The minimum atomic E-state index is -0.385. The maximum atomic E-state index is 12.9. The number of anilines is 1. The van der Waals surface area contributed by atoms with Gasteiger partial charge in [0.25, 0.3) is 5.91 Å². The van der Waals surface area contributed by atoms with Crippen LogP contribution in [0.25, 0.3) is 0 Å². The highest BCUT2D eigenvalue weighted by molar-refractivity contribution is 6.04. The number of benzene rings is 2. The molecule has 0 aromatic heterocycles. The predicted molar refractivity (Wildman–Crippen MR) is 105 cm³/mol. The molecule has 7 heteroatoms. The van der Waals surface area contributed by atoms with E-state index in [9.17, 15) is 14.0 Å². The number of amides is 2. The molecule has 1 saturated heterocycles. The van der Waals surface area contributed by atoms with Gasteiger partial charge in [0.2, 0.25) is 5.91 Å². The molecule has 0 aliphatic carbocycles. The molecule has 0 spiro atoms. The summed E-state index contributed by atoms with van der Waals surface area (Å²) < 4.78 is 18.3. The quantitative estimate of drug-likeness (QED) is 0.714. The van der Waals surface area contributed by atoms with Crippen LogP contribution in [0, 0.1) is 5.82 Å². The zero-order valence-electron chi connectivity index (χ0n) is 15.7. The normalized spacial score (nSPS) is 17.6. The van der Waals surface area contributed by atoms with E-state index in [-0.39, 0.29) is 29.7 Å². The molecule has 3 rings (SSSR count). The van der Waals surface area contributed by atoms with E-state index in [1.807, 2.05) is 19.1 Å². The molecule has 28 heavy (non-hydrogen) atoms. The third kappa shape index (κ3) is 5.61. The molecular formula is C21H24FN3O3. The van der Waals surface area contributed by atoms with E-state index in [1.54, 1.807) is 12.1 Å². The van der Waals surface area contributed by atoms with Crippen molar-refractivity contribution in [3.63, 3.8) is 0 Å². The Morgan fingerprint density at radius 2 is 1.89 bits per heavy atom. The monoisotopic (exact) mass is 385 g/mol. The fourth-order valence-electron chi connectivity index (χ4n) is 3.02. The molecule has 0 bridgehead atoms. The van der Waals surface area contributed by atoms with Crippen LogP contribution in [0.1, 0.15) is 35.3 Å². The lowest BCUT2D eigenvalue weighted by atomic mass is 10.1. The molecule has 2 atom stereocenters. The topological polar surface area (TPSA) is 79.5 Å². The maximum Gasteiger partial charge on any atom is 0.255 e. The first-order chi connectivity index (χ1) is 13.5. The third-order valence-electron chi connectivity index (χ3n) is 4.58. The molecule has 148 valence electrons. The van der Waals surface area contributed by atoms with Crippen LogP contribution in [0.15, 0.2) is 48.5 Å². The summed E-state index contributed by atoms with van der Waals surface area (Å²) in [5.74, 6) is -0.732. The van der Waals surface area contributed by atoms with Crippen molar-refractivity contribution in [1.29, 1.82) is 0 Å². The standard InChI is InChI=1S/C21H24FN3O3/c1-14(24-20(26)12-19-13-28-11-10-23-19)15-4-8-18(9-5-15)25-21(27)16-2-6-17(22)7-3-16/h2-9,14,19,23H,10-13H2,1H3,(H,24,26)(H,25,27). The highest BCUT2D eigenvalue weighted by atomic mass is 19.1. The Morgan fingerprint density at radius 3 is 2.54 bits per heavy atom. The Labute approximate surface area is 163 Å². The summed E-state index contributed by atoms with van der Waals surface area (Å²) in [7, 11) is 0. The zero-order chi connectivity index (χ0) is 19.9. The zero-order valence-corrected chi connectivity index (χ0v) is 15.7. The Hall–Kier alpha value is -2.77. The molecule has 1 aliphatic rings. The van der Waals surface area contributed by atoms with Crippen LogP contribution >= 0.6 is 0 Å². The summed E-state index contributed by atoms with van der Waals surface area (Å²) in [5.41, 5.74) is 1.94. The van der Waals surface area contributed by atoms with Gasteiger partial charge in [-0.15, -0.1) is 0 Å². The average molecular weight is 385 g/mol. The fraction of sp³-hybridized carbons (Fsp3) is 0.333. The van der Waals surface area contributed by atoms with E-state index in [0.29, 0.717) is 30.9 Å². The average Bonchev–Trinajstić information content (AvgIpc) is 2.69. The molecule has 1 fully saturated rings. The van der Waals surface area contributed by atoms with Crippen LogP contribution in [0.2, 0.25) is 0 Å². The first-order valence-electron chi connectivity index (χ1n) is 9.28. The summed E-state index contributed by atoms with van der Waals surface area (Å²) in [6, 6.07) is 12.5. The van der Waals surface area contributed by atoms with Gasteiger partial charge in [0.05, 0.1) is 19.3 Å². The van der Waals surface area contributed by atoms with Crippen molar-refractivity contribution >= 4 is 17.5 Å². The van der Waals surface area contributed by atoms with Crippen molar-refractivity contribution in [1.82, 2.24) is 10.6 Å². The highest BCUT2D eigenvalue weighted by Gasteiger charge is 2.18. The number of halogens is 1. The van der Waals surface area contributed by atoms with E-state index in [1.165, 1.54) is 24.3 Å². The van der Waals surface area contributed by atoms with E-state index in [2.05, 4.69) is 16.0 Å². The van der Waals surface area contributed by atoms with Crippen LogP contribution in [0.5, 0.6) is 0 Å². The van der Waals surface area contributed by atoms with Gasteiger partial charge < -0.3 is 20.7 Å².